The highest BCUT2D eigenvalue weighted by Gasteiger charge is 2.15. The molecule has 0 radical (unpaired) electrons. The summed E-state index contributed by atoms with van der Waals surface area (Å²) in [5.41, 5.74) is 2.93. The monoisotopic (exact) mass is 311 g/mol. The van der Waals surface area contributed by atoms with E-state index < -0.39 is 5.82 Å². The minimum absolute atomic E-state index is 0.0305. The van der Waals surface area contributed by atoms with Crippen LogP contribution in [0.4, 0.5) is 4.39 Å². The van der Waals surface area contributed by atoms with Gasteiger partial charge in [0.15, 0.2) is 0 Å². The summed E-state index contributed by atoms with van der Waals surface area (Å²) in [7, 11) is 1.87. The summed E-state index contributed by atoms with van der Waals surface area (Å²) in [5, 5.41) is 4.12. The lowest BCUT2D eigenvalue weighted by Gasteiger charge is -2.19. The molecular formula is C16H16Cl2FN. The zero-order valence-electron chi connectivity index (χ0n) is 11.4. The largest absolute Gasteiger partial charge is 0.313 e. The molecule has 0 saturated carbocycles. The zero-order chi connectivity index (χ0) is 14.7. The van der Waals surface area contributed by atoms with Gasteiger partial charge in [0.2, 0.25) is 0 Å². The highest BCUT2D eigenvalue weighted by atomic mass is 35.5. The van der Waals surface area contributed by atoms with Gasteiger partial charge in [-0.2, -0.15) is 0 Å². The number of benzene rings is 2. The first-order valence-electron chi connectivity index (χ1n) is 6.39. The number of hydrogen-bond donors (Lipinski definition) is 1. The Bertz CT molecular complexity index is 613. The first kappa shape index (κ1) is 15.3. The molecule has 2 rings (SSSR count). The van der Waals surface area contributed by atoms with Gasteiger partial charge in [-0.05, 0) is 49.2 Å². The molecular weight excluding hydrogens is 296 g/mol. The number of hydrogen-bond acceptors (Lipinski definition) is 1. The molecule has 2 aromatic carbocycles. The summed E-state index contributed by atoms with van der Waals surface area (Å²) >= 11 is 12.1. The van der Waals surface area contributed by atoms with Crippen molar-refractivity contribution in [3.8, 4) is 0 Å². The summed E-state index contributed by atoms with van der Waals surface area (Å²) in [6.45, 7) is 1.97. The van der Waals surface area contributed by atoms with Gasteiger partial charge in [-0.15, -0.1) is 0 Å². The maximum Gasteiger partial charge on any atom is 0.142 e. The van der Waals surface area contributed by atoms with Gasteiger partial charge in [-0.3, -0.25) is 0 Å². The molecule has 1 nitrogen and oxygen atoms in total. The van der Waals surface area contributed by atoms with Crippen LogP contribution >= 0.6 is 23.2 Å². The average Bonchev–Trinajstić information content (AvgIpc) is 2.43. The highest BCUT2D eigenvalue weighted by molar-refractivity contribution is 6.32. The van der Waals surface area contributed by atoms with Crippen LogP contribution in [0.5, 0.6) is 0 Å². The number of rotatable bonds is 4. The maximum atomic E-state index is 13.5. The van der Waals surface area contributed by atoms with E-state index in [0.717, 1.165) is 21.7 Å². The van der Waals surface area contributed by atoms with Crippen molar-refractivity contribution in [3.05, 3.63) is 69.0 Å². The molecule has 0 amide bonds. The van der Waals surface area contributed by atoms with Crippen LogP contribution in [0, 0.1) is 12.7 Å². The molecule has 0 aliphatic rings. The SMILES string of the molecule is CNC(Cc1ccc(Cl)c(F)c1)c1cccc(C)c1Cl. The summed E-state index contributed by atoms with van der Waals surface area (Å²) in [6.07, 6.45) is 0.647. The first-order chi connectivity index (χ1) is 9.52. The average molecular weight is 312 g/mol. The molecule has 0 spiro atoms. The molecule has 1 atom stereocenters. The van der Waals surface area contributed by atoms with Crippen LogP contribution in [0.2, 0.25) is 10.0 Å². The molecule has 0 aliphatic carbocycles. The van der Waals surface area contributed by atoms with Crippen LogP contribution in [0.3, 0.4) is 0 Å². The second-order valence-corrected chi connectivity index (χ2v) is 5.56. The lowest BCUT2D eigenvalue weighted by Crippen LogP contribution is -2.19. The fourth-order valence-electron chi connectivity index (χ4n) is 2.21. The molecule has 0 aliphatic heterocycles. The normalized spacial score (nSPS) is 12.4. The molecule has 4 heteroatoms. The van der Waals surface area contributed by atoms with Crippen molar-refractivity contribution in [1.29, 1.82) is 0 Å². The van der Waals surface area contributed by atoms with Crippen molar-refractivity contribution in [2.24, 2.45) is 0 Å². The lowest BCUT2D eigenvalue weighted by molar-refractivity contribution is 0.584. The number of halogens is 3. The third-order valence-corrected chi connectivity index (χ3v) is 4.19. The van der Waals surface area contributed by atoms with E-state index >= 15 is 0 Å². The fraction of sp³-hybridized carbons (Fsp3) is 0.250. The van der Waals surface area contributed by atoms with E-state index in [1.807, 2.05) is 38.2 Å². The third kappa shape index (κ3) is 3.32. The zero-order valence-corrected chi connectivity index (χ0v) is 12.9. The van der Waals surface area contributed by atoms with Crippen molar-refractivity contribution in [2.45, 2.75) is 19.4 Å². The first-order valence-corrected chi connectivity index (χ1v) is 7.14. The third-order valence-electron chi connectivity index (χ3n) is 3.37. The molecule has 1 N–H and O–H groups in total. The van der Waals surface area contributed by atoms with Crippen LogP contribution in [-0.4, -0.2) is 7.05 Å². The van der Waals surface area contributed by atoms with Gasteiger partial charge in [0.25, 0.3) is 0 Å². The quantitative estimate of drug-likeness (QED) is 0.843. The Morgan fingerprint density at radius 2 is 1.95 bits per heavy atom. The Morgan fingerprint density at radius 1 is 1.20 bits per heavy atom. The maximum absolute atomic E-state index is 13.5. The lowest BCUT2D eigenvalue weighted by atomic mass is 9.97. The van der Waals surface area contributed by atoms with E-state index in [0.29, 0.717) is 6.42 Å². The van der Waals surface area contributed by atoms with E-state index in [1.54, 1.807) is 6.07 Å². The Kier molecular flexibility index (Phi) is 5.03. The van der Waals surface area contributed by atoms with Crippen molar-refractivity contribution < 1.29 is 4.39 Å². The summed E-state index contributed by atoms with van der Waals surface area (Å²) in [6, 6.07) is 10.8. The van der Waals surface area contributed by atoms with Crippen LogP contribution in [0.1, 0.15) is 22.7 Å². The van der Waals surface area contributed by atoms with E-state index in [1.165, 1.54) is 6.07 Å². The Hall–Kier alpha value is -1.09. The van der Waals surface area contributed by atoms with Gasteiger partial charge >= 0.3 is 0 Å². The van der Waals surface area contributed by atoms with E-state index in [9.17, 15) is 4.39 Å². The second kappa shape index (κ2) is 6.57. The molecule has 2 aromatic rings. The highest BCUT2D eigenvalue weighted by Crippen LogP contribution is 2.28. The minimum Gasteiger partial charge on any atom is -0.313 e. The predicted octanol–water partition coefficient (Wildman–Crippen LogP) is 4.94. The Balaban J connectivity index is 2.28. The number of aryl methyl sites for hydroxylation is 1. The van der Waals surface area contributed by atoms with E-state index in [2.05, 4.69) is 5.32 Å². The van der Waals surface area contributed by atoms with Gasteiger partial charge < -0.3 is 5.32 Å². The van der Waals surface area contributed by atoms with Crippen LogP contribution in [0.15, 0.2) is 36.4 Å². The molecule has 0 aromatic heterocycles. The standard InChI is InChI=1S/C16H16Cl2FN/c1-10-4-3-5-12(16(10)18)15(20-2)9-11-6-7-13(17)14(19)8-11/h3-8,15,20H,9H2,1-2H3. The van der Waals surface area contributed by atoms with Crippen LogP contribution in [-0.2, 0) is 6.42 Å². The predicted molar refractivity (Wildman–Crippen MR) is 83.1 cm³/mol. The van der Waals surface area contributed by atoms with E-state index in [-0.39, 0.29) is 11.1 Å². The van der Waals surface area contributed by atoms with Gasteiger partial charge in [0.1, 0.15) is 5.82 Å². The molecule has 20 heavy (non-hydrogen) atoms. The molecule has 0 saturated heterocycles. The summed E-state index contributed by atoms with van der Waals surface area (Å²) in [4.78, 5) is 0. The number of likely N-dealkylation sites (N-methyl/N-ethyl adjacent to an activating group) is 1. The Morgan fingerprint density at radius 3 is 2.60 bits per heavy atom. The van der Waals surface area contributed by atoms with Gasteiger partial charge in [0, 0.05) is 11.1 Å². The van der Waals surface area contributed by atoms with Gasteiger partial charge in [0.05, 0.1) is 5.02 Å². The van der Waals surface area contributed by atoms with Crippen LogP contribution < -0.4 is 5.32 Å². The second-order valence-electron chi connectivity index (χ2n) is 4.77. The molecule has 0 heterocycles. The number of nitrogens with one attached hydrogen (secondary N) is 1. The Labute approximate surface area is 128 Å². The smallest absolute Gasteiger partial charge is 0.142 e. The molecule has 0 fully saturated rings. The van der Waals surface area contributed by atoms with E-state index in [4.69, 9.17) is 23.2 Å². The fourth-order valence-corrected chi connectivity index (χ4v) is 2.58. The topological polar surface area (TPSA) is 12.0 Å². The summed E-state index contributed by atoms with van der Waals surface area (Å²) < 4.78 is 13.5. The minimum atomic E-state index is -0.394. The van der Waals surface area contributed by atoms with Crippen molar-refractivity contribution >= 4 is 23.2 Å². The van der Waals surface area contributed by atoms with Gasteiger partial charge in [-0.1, -0.05) is 47.5 Å². The van der Waals surface area contributed by atoms with Crippen molar-refractivity contribution in [2.75, 3.05) is 7.05 Å². The van der Waals surface area contributed by atoms with Crippen LogP contribution in [0.25, 0.3) is 0 Å². The molecule has 0 bridgehead atoms. The summed E-state index contributed by atoms with van der Waals surface area (Å²) in [5.74, 6) is -0.394. The van der Waals surface area contributed by atoms with Gasteiger partial charge in [-0.25, -0.2) is 4.39 Å². The molecule has 1 unspecified atom stereocenters. The van der Waals surface area contributed by atoms with Crippen molar-refractivity contribution in [1.82, 2.24) is 5.32 Å². The van der Waals surface area contributed by atoms with Crippen molar-refractivity contribution in [3.63, 3.8) is 0 Å². The molecule has 106 valence electrons.